The lowest BCUT2D eigenvalue weighted by Gasteiger charge is -2.22. The van der Waals surface area contributed by atoms with Gasteiger partial charge in [-0.2, -0.15) is 4.31 Å². The van der Waals surface area contributed by atoms with Crippen molar-refractivity contribution in [3.63, 3.8) is 0 Å². The monoisotopic (exact) mass is 394 g/mol. The molecule has 1 aromatic carbocycles. The smallest absolute Gasteiger partial charge is 0.251 e. The average molecular weight is 395 g/mol. The number of rotatable bonds is 8. The van der Waals surface area contributed by atoms with Crippen LogP contribution in [-0.2, 0) is 10.0 Å². The topological polar surface area (TPSA) is 66.5 Å². The Morgan fingerprint density at radius 2 is 1.85 bits per heavy atom. The van der Waals surface area contributed by atoms with Crippen LogP contribution in [0.2, 0.25) is 0 Å². The summed E-state index contributed by atoms with van der Waals surface area (Å²) >= 11 is 1.60. The normalized spacial score (nSPS) is 13.2. The van der Waals surface area contributed by atoms with E-state index in [2.05, 4.69) is 5.32 Å². The summed E-state index contributed by atoms with van der Waals surface area (Å²) in [5, 5.41) is 5.01. The predicted octanol–water partition coefficient (Wildman–Crippen LogP) is 3.91. The lowest BCUT2D eigenvalue weighted by atomic mass is 10.0. The number of benzene rings is 1. The van der Waals surface area contributed by atoms with Gasteiger partial charge in [0.05, 0.1) is 10.9 Å². The molecule has 0 aliphatic carbocycles. The fourth-order valence-electron chi connectivity index (χ4n) is 2.77. The number of nitrogens with zero attached hydrogens (tertiary/aromatic N) is 1. The third kappa shape index (κ3) is 4.52. The van der Waals surface area contributed by atoms with Crippen LogP contribution in [0, 0.1) is 5.92 Å². The van der Waals surface area contributed by atoms with Crippen molar-refractivity contribution < 1.29 is 13.2 Å². The minimum atomic E-state index is -3.59. The van der Waals surface area contributed by atoms with E-state index in [0.717, 1.165) is 4.88 Å². The van der Waals surface area contributed by atoms with Crippen molar-refractivity contribution in [3.05, 3.63) is 52.2 Å². The number of hydrogen-bond donors (Lipinski definition) is 1. The number of carbonyl (C=O) groups excluding carboxylic acids is 1. The van der Waals surface area contributed by atoms with E-state index >= 15 is 0 Å². The van der Waals surface area contributed by atoms with Crippen LogP contribution in [0.15, 0.2) is 46.7 Å². The van der Waals surface area contributed by atoms with E-state index < -0.39 is 10.0 Å². The zero-order valence-corrected chi connectivity index (χ0v) is 17.2. The van der Waals surface area contributed by atoms with Gasteiger partial charge in [0.25, 0.3) is 5.91 Å². The maximum absolute atomic E-state index is 12.7. The summed E-state index contributed by atoms with van der Waals surface area (Å²) in [4.78, 5) is 14.0. The molecule has 1 atom stereocenters. The number of hydrogen-bond acceptors (Lipinski definition) is 4. The zero-order valence-electron chi connectivity index (χ0n) is 15.6. The van der Waals surface area contributed by atoms with E-state index in [1.807, 2.05) is 31.4 Å². The molecule has 1 heterocycles. The van der Waals surface area contributed by atoms with Gasteiger partial charge >= 0.3 is 0 Å². The Morgan fingerprint density at radius 1 is 1.15 bits per heavy atom. The largest absolute Gasteiger partial charge is 0.344 e. The fourth-order valence-corrected chi connectivity index (χ4v) is 5.22. The molecule has 142 valence electrons. The van der Waals surface area contributed by atoms with E-state index in [1.165, 1.54) is 16.4 Å². The Morgan fingerprint density at radius 3 is 2.38 bits per heavy atom. The first-order valence-corrected chi connectivity index (χ1v) is 11.1. The summed E-state index contributed by atoms with van der Waals surface area (Å²) < 4.78 is 26.7. The highest BCUT2D eigenvalue weighted by Crippen LogP contribution is 2.26. The van der Waals surface area contributed by atoms with Crippen molar-refractivity contribution >= 4 is 27.3 Å². The minimum absolute atomic E-state index is 0.106. The Kier molecular flexibility index (Phi) is 6.97. The molecule has 0 saturated heterocycles. The quantitative estimate of drug-likeness (QED) is 0.738. The summed E-state index contributed by atoms with van der Waals surface area (Å²) in [5.74, 6) is -0.0473. The minimum Gasteiger partial charge on any atom is -0.344 e. The van der Waals surface area contributed by atoms with Gasteiger partial charge in [0.2, 0.25) is 10.0 Å². The molecule has 0 aliphatic rings. The molecule has 2 rings (SSSR count). The van der Waals surface area contributed by atoms with Crippen molar-refractivity contribution in [2.45, 2.75) is 38.6 Å². The highest BCUT2D eigenvalue weighted by Gasteiger charge is 2.24. The molecule has 0 unspecified atom stereocenters. The summed E-state index contributed by atoms with van der Waals surface area (Å²) in [6.07, 6.45) is 0. The van der Waals surface area contributed by atoms with Crippen molar-refractivity contribution in [3.8, 4) is 0 Å². The van der Waals surface area contributed by atoms with E-state index in [-0.39, 0.29) is 22.8 Å². The summed E-state index contributed by atoms with van der Waals surface area (Å²) in [7, 11) is -3.59. The fraction of sp³-hybridized carbons (Fsp3) is 0.421. The van der Waals surface area contributed by atoms with Crippen LogP contribution in [0.5, 0.6) is 0 Å². The van der Waals surface area contributed by atoms with E-state index in [9.17, 15) is 13.2 Å². The highest BCUT2D eigenvalue weighted by atomic mass is 32.2. The third-order valence-electron chi connectivity index (χ3n) is 4.24. The number of nitrogens with one attached hydrogen (secondary N) is 1. The number of amides is 1. The molecule has 0 aliphatic heterocycles. The number of carbonyl (C=O) groups is 1. The molecule has 1 amide bonds. The molecule has 0 spiro atoms. The second-order valence-corrected chi connectivity index (χ2v) is 9.24. The van der Waals surface area contributed by atoms with Gasteiger partial charge in [-0.05, 0) is 35.6 Å². The van der Waals surface area contributed by atoms with Crippen LogP contribution in [0.1, 0.15) is 49.0 Å². The predicted molar refractivity (Wildman–Crippen MR) is 106 cm³/mol. The van der Waals surface area contributed by atoms with Crippen molar-refractivity contribution in [1.29, 1.82) is 0 Å². The lowest BCUT2D eigenvalue weighted by Crippen LogP contribution is -2.32. The molecule has 1 aromatic heterocycles. The molecule has 26 heavy (non-hydrogen) atoms. The molecule has 1 N–H and O–H groups in total. The number of sulfonamides is 1. The molecule has 0 bridgehead atoms. The van der Waals surface area contributed by atoms with Crippen LogP contribution >= 0.6 is 11.3 Å². The Bertz CT molecular complexity index is 826. The molecule has 0 radical (unpaired) electrons. The Hall–Kier alpha value is -1.70. The van der Waals surface area contributed by atoms with Crippen molar-refractivity contribution in [2.75, 3.05) is 13.1 Å². The van der Waals surface area contributed by atoms with Gasteiger partial charge in [0.1, 0.15) is 0 Å². The van der Waals surface area contributed by atoms with Gasteiger partial charge in [-0.3, -0.25) is 4.79 Å². The number of thiophene rings is 1. The molecule has 0 fully saturated rings. The van der Waals surface area contributed by atoms with Gasteiger partial charge in [-0.1, -0.05) is 39.8 Å². The molecule has 0 saturated carbocycles. The van der Waals surface area contributed by atoms with Gasteiger partial charge in [-0.25, -0.2) is 8.42 Å². The third-order valence-corrected chi connectivity index (χ3v) is 7.24. The SMILES string of the molecule is CCN(CC)S(=O)(=O)c1cccc(C(=O)N[C@@H](c2cccs2)C(C)C)c1. The molecule has 7 heteroatoms. The van der Waals surface area contributed by atoms with Gasteiger partial charge in [0, 0.05) is 23.5 Å². The Labute approximate surface area is 160 Å². The molecule has 2 aromatic rings. The zero-order chi connectivity index (χ0) is 19.3. The van der Waals surface area contributed by atoms with E-state index in [0.29, 0.717) is 18.7 Å². The first kappa shape index (κ1) is 20.6. The van der Waals surface area contributed by atoms with Gasteiger partial charge in [-0.15, -0.1) is 11.3 Å². The maximum Gasteiger partial charge on any atom is 0.251 e. The standard InChI is InChI=1S/C19H26N2O3S2/c1-5-21(6-2)26(23,24)16-10-7-9-15(13-16)19(22)20-18(14(3)4)17-11-8-12-25-17/h7-14,18H,5-6H2,1-4H3,(H,20,22)/t18-/m1/s1. The van der Waals surface area contributed by atoms with Gasteiger partial charge < -0.3 is 5.32 Å². The van der Waals surface area contributed by atoms with Crippen molar-refractivity contribution in [1.82, 2.24) is 9.62 Å². The molecular formula is C19H26N2O3S2. The van der Waals surface area contributed by atoms with Gasteiger partial charge in [0.15, 0.2) is 0 Å². The lowest BCUT2D eigenvalue weighted by molar-refractivity contribution is 0.0926. The van der Waals surface area contributed by atoms with Crippen molar-refractivity contribution in [2.24, 2.45) is 5.92 Å². The summed E-state index contributed by atoms with van der Waals surface area (Å²) in [6, 6.07) is 10.1. The van der Waals surface area contributed by atoms with E-state index in [4.69, 9.17) is 0 Å². The molecular weight excluding hydrogens is 368 g/mol. The van der Waals surface area contributed by atoms with Crippen LogP contribution in [0.4, 0.5) is 0 Å². The highest BCUT2D eigenvalue weighted by molar-refractivity contribution is 7.89. The van der Waals surface area contributed by atoms with E-state index in [1.54, 1.807) is 37.3 Å². The second-order valence-electron chi connectivity index (χ2n) is 6.33. The summed E-state index contributed by atoms with van der Waals surface area (Å²) in [5.41, 5.74) is 0.348. The van der Waals surface area contributed by atoms with Crippen LogP contribution in [-0.4, -0.2) is 31.7 Å². The second kappa shape index (κ2) is 8.79. The average Bonchev–Trinajstić information content (AvgIpc) is 3.14. The van der Waals surface area contributed by atoms with Crippen LogP contribution < -0.4 is 5.32 Å². The Balaban J connectivity index is 2.28. The van der Waals surface area contributed by atoms with Crippen LogP contribution in [0.25, 0.3) is 0 Å². The first-order chi connectivity index (χ1) is 12.3. The van der Waals surface area contributed by atoms with Crippen LogP contribution in [0.3, 0.4) is 0 Å². The maximum atomic E-state index is 12.7. The molecule has 5 nitrogen and oxygen atoms in total. The first-order valence-electron chi connectivity index (χ1n) is 8.75. The summed E-state index contributed by atoms with van der Waals surface area (Å²) in [6.45, 7) is 8.47.